The first-order valence-electron chi connectivity index (χ1n) is 5.67. The quantitative estimate of drug-likeness (QED) is 0.770. The van der Waals surface area contributed by atoms with Gasteiger partial charge in [-0.05, 0) is 30.7 Å². The Kier molecular flexibility index (Phi) is 3.39. The molecule has 2 rings (SSSR count). The van der Waals surface area contributed by atoms with Crippen molar-refractivity contribution in [2.75, 3.05) is 19.7 Å². The summed E-state index contributed by atoms with van der Waals surface area (Å²) in [5, 5.41) is 12.5. The molecule has 0 radical (unpaired) electrons. The van der Waals surface area contributed by atoms with Crippen molar-refractivity contribution in [1.29, 1.82) is 0 Å². The van der Waals surface area contributed by atoms with Crippen LogP contribution >= 0.6 is 0 Å². The van der Waals surface area contributed by atoms with Gasteiger partial charge in [0.25, 0.3) is 0 Å². The number of benzene rings is 1. The predicted molar refractivity (Wildman–Crippen MR) is 62.0 cm³/mol. The van der Waals surface area contributed by atoms with Crippen LogP contribution in [0, 0.1) is 12.8 Å². The highest BCUT2D eigenvalue weighted by Crippen LogP contribution is 2.26. The second-order valence-corrected chi connectivity index (χ2v) is 4.55. The van der Waals surface area contributed by atoms with Gasteiger partial charge in [0.05, 0.1) is 0 Å². The van der Waals surface area contributed by atoms with Gasteiger partial charge >= 0.3 is 0 Å². The van der Waals surface area contributed by atoms with Crippen molar-refractivity contribution in [3.05, 3.63) is 35.4 Å². The molecule has 2 heteroatoms. The number of hydrogen-bond acceptors (Lipinski definition) is 2. The van der Waals surface area contributed by atoms with E-state index in [0.717, 1.165) is 19.5 Å². The second kappa shape index (κ2) is 4.77. The van der Waals surface area contributed by atoms with Crippen LogP contribution in [0.1, 0.15) is 23.5 Å². The molecule has 15 heavy (non-hydrogen) atoms. The zero-order valence-electron chi connectivity index (χ0n) is 9.24. The Balaban J connectivity index is 2.06. The Bertz CT molecular complexity index is 307. The molecule has 2 N–H and O–H groups in total. The highest BCUT2D eigenvalue weighted by Gasteiger charge is 2.21. The van der Waals surface area contributed by atoms with Crippen LogP contribution in [-0.2, 0) is 0 Å². The third-order valence-electron chi connectivity index (χ3n) is 3.25. The molecule has 0 amide bonds. The molecule has 1 aliphatic heterocycles. The topological polar surface area (TPSA) is 32.3 Å². The number of aryl methyl sites for hydroxylation is 1. The molecule has 1 heterocycles. The minimum Gasteiger partial charge on any atom is -0.396 e. The molecule has 1 aromatic rings. The molecule has 2 unspecified atom stereocenters. The summed E-state index contributed by atoms with van der Waals surface area (Å²) in [5.41, 5.74) is 2.70. The minimum atomic E-state index is 0.301. The molecule has 82 valence electrons. The van der Waals surface area contributed by atoms with Crippen molar-refractivity contribution in [1.82, 2.24) is 5.32 Å². The van der Waals surface area contributed by atoms with E-state index in [2.05, 4.69) is 36.5 Å². The summed E-state index contributed by atoms with van der Waals surface area (Å²) < 4.78 is 0. The molecule has 0 saturated carbocycles. The first-order valence-corrected chi connectivity index (χ1v) is 5.67. The van der Waals surface area contributed by atoms with Crippen LogP contribution in [0.3, 0.4) is 0 Å². The summed E-state index contributed by atoms with van der Waals surface area (Å²) >= 11 is 0. The van der Waals surface area contributed by atoms with E-state index < -0.39 is 0 Å². The highest BCUT2D eigenvalue weighted by atomic mass is 16.3. The van der Waals surface area contributed by atoms with Gasteiger partial charge in [-0.1, -0.05) is 29.8 Å². The van der Waals surface area contributed by atoms with Crippen LogP contribution in [0.4, 0.5) is 0 Å². The molecule has 0 bridgehead atoms. The van der Waals surface area contributed by atoms with Crippen LogP contribution in [0.2, 0.25) is 0 Å². The summed E-state index contributed by atoms with van der Waals surface area (Å²) in [6.45, 7) is 4.41. The van der Waals surface area contributed by atoms with Gasteiger partial charge in [-0.2, -0.15) is 0 Å². The van der Waals surface area contributed by atoms with Crippen LogP contribution in [-0.4, -0.2) is 24.8 Å². The Morgan fingerprint density at radius 1 is 1.27 bits per heavy atom. The molecule has 0 aromatic heterocycles. The molecule has 1 aliphatic rings. The van der Waals surface area contributed by atoms with E-state index in [4.69, 9.17) is 5.11 Å². The first-order chi connectivity index (χ1) is 7.29. The summed E-state index contributed by atoms with van der Waals surface area (Å²) in [6, 6.07) is 8.75. The molecule has 2 atom stereocenters. The van der Waals surface area contributed by atoms with Crippen LogP contribution in [0.5, 0.6) is 0 Å². The lowest BCUT2D eigenvalue weighted by Gasteiger charge is -2.29. The van der Waals surface area contributed by atoms with E-state index >= 15 is 0 Å². The Labute approximate surface area is 91.3 Å². The monoisotopic (exact) mass is 205 g/mol. The van der Waals surface area contributed by atoms with Gasteiger partial charge in [0.15, 0.2) is 0 Å². The van der Waals surface area contributed by atoms with Crippen molar-refractivity contribution < 1.29 is 5.11 Å². The molecule has 1 aromatic carbocycles. The van der Waals surface area contributed by atoms with E-state index in [1.807, 2.05) is 0 Å². The molecule has 0 spiro atoms. The van der Waals surface area contributed by atoms with Crippen LogP contribution in [0.25, 0.3) is 0 Å². The maximum atomic E-state index is 9.16. The number of nitrogens with one attached hydrogen (secondary N) is 1. The molecule has 0 aliphatic carbocycles. The maximum absolute atomic E-state index is 9.16. The molecular weight excluding hydrogens is 186 g/mol. The van der Waals surface area contributed by atoms with E-state index in [0.29, 0.717) is 18.4 Å². The predicted octanol–water partition coefficient (Wildman–Crippen LogP) is 1.68. The number of rotatable bonds is 2. The molecule has 1 saturated heterocycles. The number of piperidine rings is 1. The maximum Gasteiger partial charge on any atom is 0.0471 e. The zero-order valence-corrected chi connectivity index (χ0v) is 9.24. The lowest BCUT2D eigenvalue weighted by molar-refractivity contribution is 0.190. The lowest BCUT2D eigenvalue weighted by Crippen LogP contribution is -2.36. The Morgan fingerprint density at radius 3 is 2.67 bits per heavy atom. The molecular formula is C13H19NO. The summed E-state index contributed by atoms with van der Waals surface area (Å²) in [5.74, 6) is 0.988. The number of aliphatic hydroxyl groups is 1. The molecule has 2 nitrogen and oxygen atoms in total. The normalized spacial score (nSPS) is 26.5. The fraction of sp³-hybridized carbons (Fsp3) is 0.538. The van der Waals surface area contributed by atoms with Crippen molar-refractivity contribution >= 4 is 0 Å². The van der Waals surface area contributed by atoms with E-state index in [-0.39, 0.29) is 0 Å². The number of aliphatic hydroxyl groups excluding tert-OH is 1. The minimum absolute atomic E-state index is 0.301. The fourth-order valence-electron chi connectivity index (χ4n) is 2.26. The fourth-order valence-corrected chi connectivity index (χ4v) is 2.26. The Morgan fingerprint density at radius 2 is 2.00 bits per heavy atom. The van der Waals surface area contributed by atoms with Crippen molar-refractivity contribution in [2.24, 2.45) is 5.92 Å². The standard InChI is InChI=1S/C13H19NO/c1-10-2-4-12(5-3-10)13-6-11(9-15)7-14-8-13/h2-5,11,13-15H,6-9H2,1H3. The van der Waals surface area contributed by atoms with Gasteiger partial charge in [-0.25, -0.2) is 0 Å². The van der Waals surface area contributed by atoms with Crippen molar-refractivity contribution in [3.63, 3.8) is 0 Å². The highest BCUT2D eigenvalue weighted by molar-refractivity contribution is 5.25. The van der Waals surface area contributed by atoms with Gasteiger partial charge in [0, 0.05) is 19.7 Å². The van der Waals surface area contributed by atoms with Crippen molar-refractivity contribution in [2.45, 2.75) is 19.3 Å². The van der Waals surface area contributed by atoms with Gasteiger partial charge in [0.2, 0.25) is 0 Å². The largest absolute Gasteiger partial charge is 0.396 e. The summed E-state index contributed by atoms with van der Waals surface area (Å²) in [6.07, 6.45) is 1.10. The van der Waals surface area contributed by atoms with E-state index in [1.165, 1.54) is 11.1 Å². The average Bonchev–Trinajstić information content (AvgIpc) is 2.30. The zero-order chi connectivity index (χ0) is 10.7. The van der Waals surface area contributed by atoms with Gasteiger partial charge in [0.1, 0.15) is 0 Å². The average molecular weight is 205 g/mol. The third kappa shape index (κ3) is 2.58. The van der Waals surface area contributed by atoms with Crippen LogP contribution < -0.4 is 5.32 Å². The smallest absolute Gasteiger partial charge is 0.0471 e. The van der Waals surface area contributed by atoms with E-state index in [1.54, 1.807) is 0 Å². The second-order valence-electron chi connectivity index (χ2n) is 4.55. The first kappa shape index (κ1) is 10.7. The SMILES string of the molecule is Cc1ccc(C2CNCC(CO)C2)cc1. The van der Waals surface area contributed by atoms with Gasteiger partial charge in [-0.3, -0.25) is 0 Å². The number of hydrogen-bond donors (Lipinski definition) is 2. The molecule has 1 fully saturated rings. The lowest BCUT2D eigenvalue weighted by atomic mass is 9.86. The van der Waals surface area contributed by atoms with Crippen LogP contribution in [0.15, 0.2) is 24.3 Å². The van der Waals surface area contributed by atoms with Crippen molar-refractivity contribution in [3.8, 4) is 0 Å². The van der Waals surface area contributed by atoms with Gasteiger partial charge < -0.3 is 10.4 Å². The van der Waals surface area contributed by atoms with E-state index in [9.17, 15) is 0 Å². The summed E-state index contributed by atoms with van der Waals surface area (Å²) in [4.78, 5) is 0. The third-order valence-corrected chi connectivity index (χ3v) is 3.25. The van der Waals surface area contributed by atoms with Gasteiger partial charge in [-0.15, -0.1) is 0 Å². The Hall–Kier alpha value is -0.860. The summed E-state index contributed by atoms with van der Waals surface area (Å²) in [7, 11) is 0.